The van der Waals surface area contributed by atoms with Gasteiger partial charge in [-0.15, -0.1) is 11.8 Å². The van der Waals surface area contributed by atoms with Crippen molar-refractivity contribution in [3.05, 3.63) is 58.7 Å². The minimum atomic E-state index is -0.211. The number of rotatable bonds is 5. The Bertz CT molecular complexity index is 743. The summed E-state index contributed by atoms with van der Waals surface area (Å²) in [7, 11) is 0. The van der Waals surface area contributed by atoms with Gasteiger partial charge in [-0.25, -0.2) is 0 Å². The smallest absolute Gasteiger partial charge is 0.237 e. The number of benzene rings is 2. The number of amides is 1. The highest BCUT2D eigenvalue weighted by atomic mass is 32.2. The highest BCUT2D eigenvalue weighted by Crippen LogP contribution is 2.31. The molecule has 24 heavy (non-hydrogen) atoms. The van der Waals surface area contributed by atoms with Crippen LogP contribution in [0.3, 0.4) is 0 Å². The van der Waals surface area contributed by atoms with Crippen molar-refractivity contribution >= 4 is 29.1 Å². The predicted molar refractivity (Wildman–Crippen MR) is 101 cm³/mol. The third-order valence-electron chi connectivity index (χ3n) is 3.83. The molecule has 2 aromatic rings. The van der Waals surface area contributed by atoms with Crippen molar-refractivity contribution < 1.29 is 9.59 Å². The molecule has 0 saturated carbocycles. The summed E-state index contributed by atoms with van der Waals surface area (Å²) in [5.41, 5.74) is 4.97. The van der Waals surface area contributed by atoms with Gasteiger partial charge in [-0.1, -0.05) is 17.7 Å². The minimum Gasteiger partial charge on any atom is -0.325 e. The Morgan fingerprint density at radius 1 is 1.00 bits per heavy atom. The Balaban J connectivity index is 2.06. The first-order valence-corrected chi connectivity index (χ1v) is 8.82. The SMILES string of the molecule is CC(=O)c1ccc(NC(=O)C(C)Sc2c(C)cc(C)cc2C)cc1. The molecule has 126 valence electrons. The van der Waals surface area contributed by atoms with E-state index in [-0.39, 0.29) is 16.9 Å². The van der Waals surface area contributed by atoms with Crippen LogP contribution in [0.5, 0.6) is 0 Å². The van der Waals surface area contributed by atoms with E-state index in [0.717, 1.165) is 4.90 Å². The van der Waals surface area contributed by atoms with Crippen molar-refractivity contribution in [1.29, 1.82) is 0 Å². The summed E-state index contributed by atoms with van der Waals surface area (Å²) in [5.74, 6) is -0.0305. The molecule has 0 aromatic heterocycles. The Labute approximate surface area is 147 Å². The van der Waals surface area contributed by atoms with Gasteiger partial charge in [0.05, 0.1) is 5.25 Å². The third-order valence-corrected chi connectivity index (χ3v) is 5.27. The maximum Gasteiger partial charge on any atom is 0.237 e. The molecule has 1 N–H and O–H groups in total. The second kappa shape index (κ2) is 7.67. The molecule has 1 atom stereocenters. The fourth-order valence-corrected chi connectivity index (χ4v) is 3.62. The van der Waals surface area contributed by atoms with Gasteiger partial charge >= 0.3 is 0 Å². The van der Waals surface area contributed by atoms with Crippen LogP contribution in [-0.2, 0) is 4.79 Å². The van der Waals surface area contributed by atoms with E-state index in [1.54, 1.807) is 36.0 Å². The standard InChI is InChI=1S/C20H23NO2S/c1-12-10-13(2)19(14(3)11-12)24-16(5)20(23)21-18-8-6-17(7-9-18)15(4)22/h6-11,16H,1-5H3,(H,21,23). The van der Waals surface area contributed by atoms with Crippen molar-refractivity contribution in [2.75, 3.05) is 5.32 Å². The summed E-state index contributed by atoms with van der Waals surface area (Å²) in [6.07, 6.45) is 0. The molecule has 1 amide bonds. The molecule has 0 saturated heterocycles. The summed E-state index contributed by atoms with van der Waals surface area (Å²) in [6, 6.07) is 11.2. The maximum atomic E-state index is 12.4. The lowest BCUT2D eigenvalue weighted by Gasteiger charge is -2.16. The van der Waals surface area contributed by atoms with Gasteiger partial charge < -0.3 is 5.32 Å². The zero-order valence-electron chi connectivity index (χ0n) is 14.8. The Morgan fingerprint density at radius 3 is 2.04 bits per heavy atom. The lowest BCUT2D eigenvalue weighted by molar-refractivity contribution is -0.115. The fourth-order valence-electron chi connectivity index (χ4n) is 2.62. The van der Waals surface area contributed by atoms with Gasteiger partial charge in [0.1, 0.15) is 0 Å². The number of anilines is 1. The van der Waals surface area contributed by atoms with Gasteiger partial charge in [0.2, 0.25) is 5.91 Å². The van der Waals surface area contributed by atoms with E-state index in [1.807, 2.05) is 6.92 Å². The van der Waals surface area contributed by atoms with Crippen LogP contribution in [0.25, 0.3) is 0 Å². The van der Waals surface area contributed by atoms with E-state index in [0.29, 0.717) is 11.3 Å². The van der Waals surface area contributed by atoms with E-state index in [2.05, 4.69) is 38.2 Å². The molecule has 0 spiro atoms. The van der Waals surface area contributed by atoms with E-state index in [9.17, 15) is 9.59 Å². The number of carbonyl (C=O) groups is 2. The van der Waals surface area contributed by atoms with E-state index in [1.165, 1.54) is 23.6 Å². The summed E-state index contributed by atoms with van der Waals surface area (Å²) < 4.78 is 0. The molecule has 2 aromatic carbocycles. The van der Waals surface area contributed by atoms with Crippen LogP contribution in [0.4, 0.5) is 5.69 Å². The number of thioether (sulfide) groups is 1. The first-order valence-electron chi connectivity index (χ1n) is 7.94. The van der Waals surface area contributed by atoms with Crippen molar-refractivity contribution in [3.63, 3.8) is 0 Å². The number of ketones is 1. The molecule has 0 radical (unpaired) electrons. The summed E-state index contributed by atoms with van der Waals surface area (Å²) in [4.78, 5) is 24.9. The Hall–Kier alpha value is -2.07. The number of carbonyl (C=O) groups excluding carboxylic acids is 2. The molecule has 0 fully saturated rings. The van der Waals surface area contributed by atoms with Gasteiger partial charge in [0.25, 0.3) is 0 Å². The van der Waals surface area contributed by atoms with E-state index < -0.39 is 0 Å². The fraction of sp³-hybridized carbons (Fsp3) is 0.300. The van der Waals surface area contributed by atoms with E-state index >= 15 is 0 Å². The summed E-state index contributed by atoms with van der Waals surface area (Å²) in [5, 5.41) is 2.70. The normalized spacial score (nSPS) is 11.9. The lowest BCUT2D eigenvalue weighted by atomic mass is 10.1. The summed E-state index contributed by atoms with van der Waals surface area (Å²) >= 11 is 1.57. The lowest BCUT2D eigenvalue weighted by Crippen LogP contribution is -2.22. The second-order valence-electron chi connectivity index (χ2n) is 6.11. The van der Waals surface area contributed by atoms with E-state index in [4.69, 9.17) is 0 Å². The maximum absolute atomic E-state index is 12.4. The highest BCUT2D eigenvalue weighted by Gasteiger charge is 2.17. The van der Waals surface area contributed by atoms with Crippen LogP contribution in [0, 0.1) is 20.8 Å². The molecule has 0 aliphatic heterocycles. The molecule has 0 heterocycles. The van der Waals surface area contributed by atoms with Crippen LogP contribution in [0.1, 0.15) is 40.9 Å². The molecular formula is C20H23NO2S. The Morgan fingerprint density at radius 2 is 1.54 bits per heavy atom. The third kappa shape index (κ3) is 4.48. The van der Waals surface area contributed by atoms with Crippen molar-refractivity contribution in [2.45, 2.75) is 44.8 Å². The van der Waals surface area contributed by atoms with Gasteiger partial charge in [-0.2, -0.15) is 0 Å². The quantitative estimate of drug-likeness (QED) is 0.619. The summed E-state index contributed by atoms with van der Waals surface area (Å²) in [6.45, 7) is 9.66. The van der Waals surface area contributed by atoms with Crippen LogP contribution in [0.2, 0.25) is 0 Å². The van der Waals surface area contributed by atoms with Crippen LogP contribution in [-0.4, -0.2) is 16.9 Å². The largest absolute Gasteiger partial charge is 0.325 e. The van der Waals surface area contributed by atoms with Crippen molar-refractivity contribution in [1.82, 2.24) is 0 Å². The zero-order valence-corrected chi connectivity index (χ0v) is 15.6. The van der Waals surface area contributed by atoms with Crippen molar-refractivity contribution in [3.8, 4) is 0 Å². The predicted octanol–water partition coefficient (Wildman–Crippen LogP) is 4.93. The average Bonchev–Trinajstić information content (AvgIpc) is 2.51. The van der Waals surface area contributed by atoms with Crippen LogP contribution in [0.15, 0.2) is 41.3 Å². The number of Topliss-reactive ketones (excluding diaryl/α,β-unsaturated/α-hetero) is 1. The first kappa shape index (κ1) is 18.3. The zero-order chi connectivity index (χ0) is 17.9. The Kier molecular flexibility index (Phi) is 5.84. The second-order valence-corrected chi connectivity index (χ2v) is 7.46. The number of hydrogen-bond acceptors (Lipinski definition) is 3. The number of nitrogens with one attached hydrogen (secondary N) is 1. The van der Waals surface area contributed by atoms with Gasteiger partial charge in [-0.3, -0.25) is 9.59 Å². The molecule has 0 bridgehead atoms. The number of hydrogen-bond donors (Lipinski definition) is 1. The van der Waals surface area contributed by atoms with Crippen LogP contribution < -0.4 is 5.32 Å². The monoisotopic (exact) mass is 341 g/mol. The first-order chi connectivity index (χ1) is 11.3. The minimum absolute atomic E-state index is 0.0159. The molecule has 4 heteroatoms. The molecule has 3 nitrogen and oxygen atoms in total. The van der Waals surface area contributed by atoms with Gasteiger partial charge in [0.15, 0.2) is 5.78 Å². The van der Waals surface area contributed by atoms with Gasteiger partial charge in [-0.05, 0) is 70.0 Å². The molecule has 1 unspecified atom stereocenters. The molecule has 0 aliphatic carbocycles. The van der Waals surface area contributed by atoms with Crippen LogP contribution >= 0.6 is 11.8 Å². The molecule has 0 aliphatic rings. The molecular weight excluding hydrogens is 318 g/mol. The highest BCUT2D eigenvalue weighted by molar-refractivity contribution is 8.00. The van der Waals surface area contributed by atoms with Gasteiger partial charge in [0, 0.05) is 16.1 Å². The topological polar surface area (TPSA) is 46.2 Å². The van der Waals surface area contributed by atoms with Crippen molar-refractivity contribution in [2.24, 2.45) is 0 Å². The average molecular weight is 341 g/mol. The molecule has 2 rings (SSSR count). The number of aryl methyl sites for hydroxylation is 3.